The van der Waals surface area contributed by atoms with E-state index in [2.05, 4.69) is 53.4 Å². The predicted molar refractivity (Wildman–Crippen MR) is 180 cm³/mol. The van der Waals surface area contributed by atoms with Crippen molar-refractivity contribution in [3.05, 3.63) is 131 Å². The Morgan fingerprint density at radius 3 is 2.02 bits per heavy atom. The molecule has 0 aliphatic carbocycles. The minimum Gasteiger partial charge on any atom is -0.335 e. The van der Waals surface area contributed by atoms with Gasteiger partial charge in [0, 0.05) is 37.4 Å². The number of hydrogen-bond donors (Lipinski definition) is 0. The first-order valence-corrected chi connectivity index (χ1v) is 17.4. The number of carbonyl (C=O) groups is 1. The Hall–Kier alpha value is -3.98. The zero-order valence-electron chi connectivity index (χ0n) is 25.1. The maximum Gasteiger partial charge on any atom is 0.264 e. The first kappa shape index (κ1) is 30.1. The molecule has 0 radical (unpaired) electrons. The van der Waals surface area contributed by atoms with Gasteiger partial charge in [0.2, 0.25) is 0 Å². The summed E-state index contributed by atoms with van der Waals surface area (Å²) < 4.78 is 29.7. The highest BCUT2D eigenvalue weighted by Gasteiger charge is 2.30. The van der Waals surface area contributed by atoms with Crippen molar-refractivity contribution in [3.8, 4) is 0 Å². The van der Waals surface area contributed by atoms with Gasteiger partial charge in [0.15, 0.2) is 0 Å². The van der Waals surface area contributed by atoms with E-state index in [9.17, 15) is 13.2 Å². The predicted octanol–water partition coefficient (Wildman–Crippen LogP) is 7.36. The lowest BCUT2D eigenvalue weighted by atomic mass is 9.96. The van der Waals surface area contributed by atoms with E-state index >= 15 is 0 Å². The molecule has 1 aromatic heterocycles. The molecule has 1 aliphatic rings. The van der Waals surface area contributed by atoms with E-state index in [1.54, 1.807) is 12.1 Å². The number of piperazine rings is 1. The largest absolute Gasteiger partial charge is 0.335 e. The van der Waals surface area contributed by atoms with Gasteiger partial charge in [-0.2, -0.15) is 0 Å². The van der Waals surface area contributed by atoms with E-state index in [4.69, 9.17) is 0 Å². The lowest BCUT2D eigenvalue weighted by molar-refractivity contribution is 0.0602. The second kappa shape index (κ2) is 12.9. The van der Waals surface area contributed by atoms with Gasteiger partial charge >= 0.3 is 0 Å². The van der Waals surface area contributed by atoms with Gasteiger partial charge in [-0.05, 0) is 66.3 Å². The van der Waals surface area contributed by atoms with Crippen LogP contribution in [0.15, 0.2) is 114 Å². The molecule has 8 heteroatoms. The van der Waals surface area contributed by atoms with Crippen molar-refractivity contribution in [3.63, 3.8) is 0 Å². The summed E-state index contributed by atoms with van der Waals surface area (Å²) in [5.74, 6) is 0.0288. The first-order chi connectivity index (χ1) is 21.3. The van der Waals surface area contributed by atoms with E-state index in [0.717, 1.165) is 28.7 Å². The zero-order chi connectivity index (χ0) is 30.7. The fourth-order valence-corrected chi connectivity index (χ4v) is 8.50. The van der Waals surface area contributed by atoms with Crippen LogP contribution in [-0.4, -0.2) is 56.8 Å². The molecule has 4 aromatic carbocycles. The van der Waals surface area contributed by atoms with E-state index in [-0.39, 0.29) is 16.8 Å². The maximum absolute atomic E-state index is 13.7. The van der Waals surface area contributed by atoms with E-state index in [1.165, 1.54) is 26.8 Å². The molecular weight excluding hydrogens is 587 g/mol. The number of rotatable bonds is 9. The maximum atomic E-state index is 13.7. The minimum atomic E-state index is -3.72. The van der Waals surface area contributed by atoms with Gasteiger partial charge in [0.25, 0.3) is 15.9 Å². The Morgan fingerprint density at radius 2 is 1.43 bits per heavy atom. The van der Waals surface area contributed by atoms with Crippen LogP contribution in [0.25, 0.3) is 10.1 Å². The van der Waals surface area contributed by atoms with Gasteiger partial charge in [0.05, 0.1) is 21.5 Å². The molecule has 0 N–H and O–H groups in total. The van der Waals surface area contributed by atoms with Crippen LogP contribution in [-0.2, 0) is 10.0 Å². The third-order valence-electron chi connectivity index (χ3n) is 8.23. The highest BCUT2D eigenvalue weighted by Crippen LogP contribution is 2.34. The molecule has 2 heterocycles. The summed E-state index contributed by atoms with van der Waals surface area (Å²) in [6.07, 6.45) is 0.678. The molecular formula is C36H37N3O3S2. The molecule has 1 fully saturated rings. The zero-order valence-corrected chi connectivity index (χ0v) is 26.7. The topological polar surface area (TPSA) is 60.9 Å². The Kier molecular flexibility index (Phi) is 8.84. The van der Waals surface area contributed by atoms with Crippen LogP contribution < -0.4 is 4.31 Å². The summed E-state index contributed by atoms with van der Waals surface area (Å²) in [6, 6.07) is 35.8. The second-order valence-corrected chi connectivity index (χ2v) is 14.2. The molecule has 1 aliphatic heterocycles. The van der Waals surface area contributed by atoms with Crippen molar-refractivity contribution >= 4 is 43.0 Å². The van der Waals surface area contributed by atoms with Gasteiger partial charge in [-0.1, -0.05) is 85.3 Å². The lowest BCUT2D eigenvalue weighted by Gasteiger charge is -2.39. The standard InChI is InChI=1S/C36H37N3O3S2/c1-3-20-39(44(41,42)32-17-14-27(2)15-18-32)31-16-19-33-30(25-31)26-34(43-33)36(40)38-23-21-37(22-24-38)35(28-10-6-4-7-11-28)29-12-8-5-9-13-29/h4-19,25-26,35H,3,20-24H2,1-2H3. The van der Waals surface area contributed by atoms with Gasteiger partial charge in [-0.3, -0.25) is 14.0 Å². The fraction of sp³-hybridized carbons (Fsp3) is 0.250. The molecule has 0 spiro atoms. The fourth-order valence-electron chi connectivity index (χ4n) is 5.94. The van der Waals surface area contributed by atoms with Crippen LogP contribution in [0, 0.1) is 6.92 Å². The normalized spacial score (nSPS) is 14.3. The Labute approximate surface area is 264 Å². The molecule has 226 valence electrons. The number of thiophene rings is 1. The number of aryl methyl sites for hydroxylation is 1. The molecule has 0 unspecified atom stereocenters. The number of amides is 1. The van der Waals surface area contributed by atoms with Crippen molar-refractivity contribution in [1.29, 1.82) is 0 Å². The summed E-state index contributed by atoms with van der Waals surface area (Å²) in [5.41, 5.74) is 4.12. The minimum absolute atomic E-state index is 0.0288. The Balaban J connectivity index is 1.20. The highest BCUT2D eigenvalue weighted by molar-refractivity contribution is 7.92. The number of hydrogen-bond acceptors (Lipinski definition) is 5. The third kappa shape index (κ3) is 6.15. The van der Waals surface area contributed by atoms with Crippen molar-refractivity contribution in [2.75, 3.05) is 37.0 Å². The monoisotopic (exact) mass is 623 g/mol. The number of anilines is 1. The SMILES string of the molecule is CCCN(c1ccc2sc(C(=O)N3CCN(C(c4ccccc4)c4ccccc4)CC3)cc2c1)S(=O)(=O)c1ccc(C)cc1. The second-order valence-electron chi connectivity index (χ2n) is 11.3. The average molecular weight is 624 g/mol. The number of nitrogens with zero attached hydrogens (tertiary/aromatic N) is 3. The number of fused-ring (bicyclic) bond motifs is 1. The lowest BCUT2D eigenvalue weighted by Crippen LogP contribution is -2.49. The van der Waals surface area contributed by atoms with Crippen molar-refractivity contribution in [2.45, 2.75) is 31.2 Å². The van der Waals surface area contributed by atoms with Crippen LogP contribution in [0.5, 0.6) is 0 Å². The van der Waals surface area contributed by atoms with Crippen molar-refractivity contribution in [2.24, 2.45) is 0 Å². The van der Waals surface area contributed by atoms with E-state index in [1.807, 2.05) is 67.3 Å². The average Bonchev–Trinajstić information content (AvgIpc) is 3.48. The molecule has 6 rings (SSSR count). The summed E-state index contributed by atoms with van der Waals surface area (Å²) in [5, 5.41) is 0.878. The van der Waals surface area contributed by atoms with E-state index in [0.29, 0.717) is 36.6 Å². The van der Waals surface area contributed by atoms with Gasteiger partial charge in [0.1, 0.15) is 0 Å². The summed E-state index contributed by atoms with van der Waals surface area (Å²) in [4.78, 5) is 19.1. The summed E-state index contributed by atoms with van der Waals surface area (Å²) >= 11 is 1.47. The van der Waals surface area contributed by atoms with Crippen molar-refractivity contribution in [1.82, 2.24) is 9.80 Å². The molecule has 0 bridgehead atoms. The molecule has 5 aromatic rings. The summed E-state index contributed by atoms with van der Waals surface area (Å²) in [7, 11) is -3.72. The van der Waals surface area contributed by atoms with Crippen molar-refractivity contribution < 1.29 is 13.2 Å². The molecule has 44 heavy (non-hydrogen) atoms. The Bertz CT molecular complexity index is 1790. The molecule has 6 nitrogen and oxygen atoms in total. The van der Waals surface area contributed by atoms with Crippen LogP contribution in [0.2, 0.25) is 0 Å². The quantitative estimate of drug-likeness (QED) is 0.172. The Morgan fingerprint density at radius 1 is 0.818 bits per heavy atom. The molecule has 1 saturated heterocycles. The molecule has 0 atom stereocenters. The third-order valence-corrected chi connectivity index (χ3v) is 11.2. The van der Waals surface area contributed by atoms with Crippen LogP contribution in [0.1, 0.15) is 45.7 Å². The number of benzene rings is 4. The van der Waals surface area contributed by atoms with E-state index < -0.39 is 10.0 Å². The highest BCUT2D eigenvalue weighted by atomic mass is 32.2. The van der Waals surface area contributed by atoms with Gasteiger partial charge in [-0.25, -0.2) is 8.42 Å². The smallest absolute Gasteiger partial charge is 0.264 e. The first-order valence-electron chi connectivity index (χ1n) is 15.1. The molecule has 1 amide bonds. The number of carbonyl (C=O) groups excluding carboxylic acids is 1. The van der Waals surface area contributed by atoms with Gasteiger partial charge in [-0.15, -0.1) is 11.3 Å². The molecule has 0 saturated carbocycles. The van der Waals surface area contributed by atoms with Gasteiger partial charge < -0.3 is 4.90 Å². The number of sulfonamides is 1. The van der Waals surface area contributed by atoms with Crippen LogP contribution >= 0.6 is 11.3 Å². The summed E-state index contributed by atoms with van der Waals surface area (Å²) in [6.45, 7) is 7.13. The van der Waals surface area contributed by atoms with Crippen LogP contribution in [0.4, 0.5) is 5.69 Å². The van der Waals surface area contributed by atoms with Crippen LogP contribution in [0.3, 0.4) is 0 Å².